The van der Waals surface area contributed by atoms with Crippen molar-refractivity contribution in [2.24, 2.45) is 0 Å². The Labute approximate surface area is 128 Å². The number of carbonyl (C=O) groups is 2. The molecule has 1 N–H and O–H groups in total. The summed E-state index contributed by atoms with van der Waals surface area (Å²) in [5.74, 6) is 0.469. The summed E-state index contributed by atoms with van der Waals surface area (Å²) in [6.45, 7) is 1.26. The quantitative estimate of drug-likeness (QED) is 0.833. The number of ether oxygens (including phenoxy) is 2. The summed E-state index contributed by atoms with van der Waals surface area (Å²) < 4.78 is 10.5. The fourth-order valence-corrected chi connectivity index (χ4v) is 1.90. The van der Waals surface area contributed by atoms with Gasteiger partial charge in [0.25, 0.3) is 5.91 Å². The van der Waals surface area contributed by atoms with Crippen LogP contribution in [0.2, 0.25) is 0 Å². The number of para-hydroxylation sites is 1. The minimum absolute atomic E-state index is 0.155. The van der Waals surface area contributed by atoms with Crippen LogP contribution < -0.4 is 14.8 Å². The van der Waals surface area contributed by atoms with Gasteiger partial charge in [0.05, 0.1) is 12.7 Å². The van der Waals surface area contributed by atoms with Gasteiger partial charge < -0.3 is 14.8 Å². The molecule has 0 radical (unpaired) electrons. The van der Waals surface area contributed by atoms with Crippen LogP contribution in [0.15, 0.2) is 48.5 Å². The van der Waals surface area contributed by atoms with Crippen LogP contribution in [0.5, 0.6) is 11.5 Å². The molecule has 1 amide bonds. The number of rotatable bonds is 6. The molecule has 5 heteroatoms. The molecule has 0 unspecified atom stereocenters. The molecule has 0 aliphatic heterocycles. The van der Waals surface area contributed by atoms with Crippen molar-refractivity contribution < 1.29 is 19.1 Å². The van der Waals surface area contributed by atoms with E-state index in [4.69, 9.17) is 9.47 Å². The Morgan fingerprint density at radius 1 is 1.09 bits per heavy atom. The average Bonchev–Trinajstić information content (AvgIpc) is 2.53. The molecule has 0 atom stereocenters. The van der Waals surface area contributed by atoms with Crippen LogP contribution in [0.1, 0.15) is 17.3 Å². The molecule has 0 fully saturated rings. The van der Waals surface area contributed by atoms with Crippen molar-refractivity contribution in [3.05, 3.63) is 54.1 Å². The van der Waals surface area contributed by atoms with E-state index in [0.29, 0.717) is 22.7 Å². The maximum Gasteiger partial charge on any atom is 0.262 e. The van der Waals surface area contributed by atoms with Gasteiger partial charge in [-0.2, -0.15) is 0 Å². The summed E-state index contributed by atoms with van der Waals surface area (Å²) in [5.41, 5.74) is 1.07. The van der Waals surface area contributed by atoms with Crippen molar-refractivity contribution in [2.45, 2.75) is 6.92 Å². The van der Waals surface area contributed by atoms with E-state index in [2.05, 4.69) is 5.32 Å². The lowest BCUT2D eigenvalue weighted by atomic mass is 10.1. The summed E-state index contributed by atoms with van der Waals surface area (Å²) in [6.07, 6.45) is 0. The van der Waals surface area contributed by atoms with Crippen LogP contribution >= 0.6 is 0 Å². The topological polar surface area (TPSA) is 64.6 Å². The zero-order valence-corrected chi connectivity index (χ0v) is 12.5. The van der Waals surface area contributed by atoms with E-state index in [-0.39, 0.29) is 18.3 Å². The minimum Gasteiger partial charge on any atom is -0.497 e. The lowest BCUT2D eigenvalue weighted by Crippen LogP contribution is -2.20. The second-order valence-corrected chi connectivity index (χ2v) is 4.62. The minimum atomic E-state index is -0.295. The van der Waals surface area contributed by atoms with Gasteiger partial charge in [0, 0.05) is 5.69 Å². The smallest absolute Gasteiger partial charge is 0.262 e. The van der Waals surface area contributed by atoms with Gasteiger partial charge in [-0.3, -0.25) is 9.59 Å². The average molecular weight is 299 g/mol. The number of ketones is 1. The number of anilines is 1. The van der Waals surface area contributed by atoms with Crippen molar-refractivity contribution in [2.75, 3.05) is 19.0 Å². The SMILES string of the molecule is COc1ccc(OCC(=O)Nc2ccccc2)c(C(C)=O)c1. The normalized spacial score (nSPS) is 9.91. The zero-order chi connectivity index (χ0) is 15.9. The summed E-state index contributed by atoms with van der Waals surface area (Å²) in [5, 5.41) is 2.71. The number of hydrogen-bond donors (Lipinski definition) is 1. The van der Waals surface area contributed by atoms with Gasteiger partial charge in [0.15, 0.2) is 12.4 Å². The van der Waals surface area contributed by atoms with E-state index < -0.39 is 0 Å². The van der Waals surface area contributed by atoms with E-state index in [0.717, 1.165) is 0 Å². The number of carbonyl (C=O) groups excluding carboxylic acids is 2. The molecule has 2 aromatic rings. The standard InChI is InChI=1S/C17H17NO4/c1-12(19)15-10-14(21-2)8-9-16(15)22-11-17(20)18-13-6-4-3-5-7-13/h3-10H,11H2,1-2H3,(H,18,20). The van der Waals surface area contributed by atoms with E-state index in [1.165, 1.54) is 14.0 Å². The van der Waals surface area contributed by atoms with Crippen molar-refractivity contribution in [1.82, 2.24) is 0 Å². The van der Waals surface area contributed by atoms with E-state index in [9.17, 15) is 9.59 Å². The Kier molecular flexibility index (Phi) is 5.14. The molecular weight excluding hydrogens is 282 g/mol. The fourth-order valence-electron chi connectivity index (χ4n) is 1.90. The van der Waals surface area contributed by atoms with Crippen molar-refractivity contribution >= 4 is 17.4 Å². The lowest BCUT2D eigenvalue weighted by Gasteiger charge is -2.11. The second kappa shape index (κ2) is 7.26. The van der Waals surface area contributed by atoms with Gasteiger partial charge in [0.1, 0.15) is 11.5 Å². The van der Waals surface area contributed by atoms with Gasteiger partial charge in [-0.1, -0.05) is 18.2 Å². The first-order valence-electron chi connectivity index (χ1n) is 6.77. The molecule has 2 rings (SSSR count). The highest BCUT2D eigenvalue weighted by molar-refractivity contribution is 5.97. The maximum atomic E-state index is 11.8. The van der Waals surface area contributed by atoms with Crippen molar-refractivity contribution in [1.29, 1.82) is 0 Å². The van der Waals surface area contributed by atoms with Crippen molar-refractivity contribution in [3.8, 4) is 11.5 Å². The van der Waals surface area contributed by atoms with Crippen LogP contribution in [-0.4, -0.2) is 25.4 Å². The molecule has 0 aliphatic carbocycles. The van der Waals surface area contributed by atoms with Crippen molar-refractivity contribution in [3.63, 3.8) is 0 Å². The number of amides is 1. The third kappa shape index (κ3) is 4.09. The Balaban J connectivity index is 2.02. The van der Waals surface area contributed by atoms with E-state index in [1.54, 1.807) is 30.3 Å². The predicted octanol–water partition coefficient (Wildman–Crippen LogP) is 2.92. The number of nitrogens with one attached hydrogen (secondary N) is 1. The molecule has 114 valence electrons. The monoisotopic (exact) mass is 299 g/mol. The Morgan fingerprint density at radius 2 is 1.82 bits per heavy atom. The summed E-state index contributed by atoms with van der Waals surface area (Å²) in [4.78, 5) is 23.5. The van der Waals surface area contributed by atoms with Crippen LogP contribution in [0.25, 0.3) is 0 Å². The number of hydrogen-bond acceptors (Lipinski definition) is 4. The first-order chi connectivity index (χ1) is 10.6. The third-order valence-electron chi connectivity index (χ3n) is 2.98. The molecule has 0 aromatic heterocycles. The number of benzene rings is 2. The van der Waals surface area contributed by atoms with E-state index in [1.807, 2.05) is 18.2 Å². The van der Waals surface area contributed by atoms with Gasteiger partial charge in [0.2, 0.25) is 0 Å². The maximum absolute atomic E-state index is 11.8. The van der Waals surface area contributed by atoms with Crippen LogP contribution in [0.4, 0.5) is 5.69 Å². The molecule has 0 spiro atoms. The Hall–Kier alpha value is -2.82. The molecule has 2 aromatic carbocycles. The van der Waals surface area contributed by atoms with Gasteiger partial charge in [-0.15, -0.1) is 0 Å². The van der Waals surface area contributed by atoms with Gasteiger partial charge >= 0.3 is 0 Å². The largest absolute Gasteiger partial charge is 0.497 e. The van der Waals surface area contributed by atoms with Crippen LogP contribution in [0, 0.1) is 0 Å². The van der Waals surface area contributed by atoms with E-state index >= 15 is 0 Å². The molecule has 0 saturated heterocycles. The second-order valence-electron chi connectivity index (χ2n) is 4.62. The van der Waals surface area contributed by atoms with Crippen LogP contribution in [-0.2, 0) is 4.79 Å². The first-order valence-corrected chi connectivity index (χ1v) is 6.77. The summed E-state index contributed by atoms with van der Waals surface area (Å²) >= 11 is 0. The lowest BCUT2D eigenvalue weighted by molar-refractivity contribution is -0.118. The van der Waals surface area contributed by atoms with Gasteiger partial charge in [-0.05, 0) is 37.3 Å². The molecule has 22 heavy (non-hydrogen) atoms. The fraction of sp³-hybridized carbons (Fsp3) is 0.176. The highest BCUT2D eigenvalue weighted by Crippen LogP contribution is 2.24. The molecule has 0 aliphatic rings. The highest BCUT2D eigenvalue weighted by Gasteiger charge is 2.12. The highest BCUT2D eigenvalue weighted by atomic mass is 16.5. The molecular formula is C17H17NO4. The molecule has 0 heterocycles. The van der Waals surface area contributed by atoms with Crippen LogP contribution in [0.3, 0.4) is 0 Å². The molecule has 0 bridgehead atoms. The molecule has 5 nitrogen and oxygen atoms in total. The number of Topliss-reactive ketones (excluding diaryl/α,β-unsaturated/α-hetero) is 1. The first kappa shape index (κ1) is 15.6. The Morgan fingerprint density at radius 3 is 2.45 bits per heavy atom. The zero-order valence-electron chi connectivity index (χ0n) is 12.5. The summed E-state index contributed by atoms with van der Waals surface area (Å²) in [6, 6.07) is 14.0. The predicted molar refractivity (Wildman–Crippen MR) is 83.6 cm³/mol. The number of methoxy groups -OCH3 is 1. The third-order valence-corrected chi connectivity index (χ3v) is 2.98. The van der Waals surface area contributed by atoms with Gasteiger partial charge in [-0.25, -0.2) is 0 Å². The summed E-state index contributed by atoms with van der Waals surface area (Å²) in [7, 11) is 1.52. The Bertz CT molecular complexity index is 668. The molecule has 0 saturated carbocycles.